The summed E-state index contributed by atoms with van der Waals surface area (Å²) < 4.78 is 0. The molecule has 0 aromatic rings. The Bertz CT molecular complexity index is 44.4. The van der Waals surface area contributed by atoms with Gasteiger partial charge in [-0.1, -0.05) is 40.5 Å². The smallest absolute Gasteiger partial charge is 0.343 e. The summed E-state index contributed by atoms with van der Waals surface area (Å²) in [6.07, 6.45) is 3.65. The Balaban J connectivity index is -0.000000107. The molecule has 0 aliphatic rings. The van der Waals surface area contributed by atoms with E-state index in [1.807, 2.05) is 0 Å². The zero-order valence-corrected chi connectivity index (χ0v) is 11.7. The van der Waals surface area contributed by atoms with E-state index >= 15 is 0 Å². The standard InChI is InChI=1S/2C5H11.Ta/c1-5(2,3)4;1-3-5-4-2;/h1H2,2-4H3;1,3-5H2,2H3;/q2*-1;+2. The van der Waals surface area contributed by atoms with Gasteiger partial charge in [-0.05, 0) is 0 Å². The first-order valence-electron chi connectivity index (χ1n) is 4.06. The first kappa shape index (κ1) is 17.7. The molecule has 0 rings (SSSR count). The molecule has 0 fully saturated rings. The third-order valence-corrected chi connectivity index (χ3v) is 0.604. The van der Waals surface area contributed by atoms with Crippen LogP contribution in [0.5, 0.6) is 0 Å². The predicted molar refractivity (Wildman–Crippen MR) is 49.7 cm³/mol. The Labute approximate surface area is 88.7 Å². The van der Waals surface area contributed by atoms with Gasteiger partial charge in [0.25, 0.3) is 0 Å². The summed E-state index contributed by atoms with van der Waals surface area (Å²) in [4.78, 5) is 0. The fourth-order valence-electron chi connectivity index (χ4n) is 0.250. The van der Waals surface area contributed by atoms with E-state index in [0.717, 1.165) is 6.42 Å². The Morgan fingerprint density at radius 3 is 1.45 bits per heavy atom. The number of unbranched alkanes of at least 4 members (excludes halogenated alkanes) is 2. The van der Waals surface area contributed by atoms with Crippen molar-refractivity contribution < 1.29 is 22.4 Å². The first-order chi connectivity index (χ1) is 4.41. The Morgan fingerprint density at radius 2 is 1.45 bits per heavy atom. The molecule has 0 N–H and O–H groups in total. The minimum absolute atomic E-state index is 0. The average Bonchev–Trinajstić information content (AvgIpc) is 1.63. The molecule has 0 atom stereocenters. The van der Waals surface area contributed by atoms with E-state index in [4.69, 9.17) is 0 Å². The van der Waals surface area contributed by atoms with E-state index in [2.05, 4.69) is 41.5 Å². The second kappa shape index (κ2) is 10.7. The van der Waals surface area contributed by atoms with E-state index in [9.17, 15) is 0 Å². The molecule has 0 aromatic carbocycles. The van der Waals surface area contributed by atoms with Crippen LogP contribution in [0.2, 0.25) is 0 Å². The zero-order chi connectivity index (χ0) is 8.62. The molecule has 11 heavy (non-hydrogen) atoms. The maximum Gasteiger partial charge on any atom is 2.00 e. The van der Waals surface area contributed by atoms with Crippen molar-refractivity contribution in [2.24, 2.45) is 5.41 Å². The van der Waals surface area contributed by atoms with Crippen LogP contribution in [-0.2, 0) is 22.4 Å². The van der Waals surface area contributed by atoms with E-state index in [0.29, 0.717) is 0 Å². The Hall–Kier alpha value is 0.740. The van der Waals surface area contributed by atoms with Gasteiger partial charge in [-0.25, -0.2) is 0 Å². The molecule has 0 heterocycles. The molecule has 0 aliphatic carbocycles. The molecule has 0 aromatic heterocycles. The molecular formula is C10H22Ta. The van der Waals surface area contributed by atoms with E-state index < -0.39 is 0 Å². The van der Waals surface area contributed by atoms with Crippen LogP contribution in [0.3, 0.4) is 0 Å². The number of hydrogen-bond donors (Lipinski definition) is 0. The molecule has 0 amide bonds. The Kier molecular flexibility index (Phi) is 17.3. The normalized spacial score (nSPS) is 9.27. The zero-order valence-electron chi connectivity index (χ0n) is 8.48. The van der Waals surface area contributed by atoms with Crippen LogP contribution in [-0.4, -0.2) is 0 Å². The van der Waals surface area contributed by atoms with Gasteiger partial charge in [0.15, 0.2) is 0 Å². The summed E-state index contributed by atoms with van der Waals surface area (Å²) in [5.74, 6) is 0. The first-order valence-corrected chi connectivity index (χ1v) is 4.06. The largest absolute Gasteiger partial charge is 2.00 e. The van der Waals surface area contributed by atoms with E-state index in [1.165, 1.54) is 12.8 Å². The summed E-state index contributed by atoms with van der Waals surface area (Å²) in [5.41, 5.74) is 0.250. The van der Waals surface area contributed by atoms with Crippen LogP contribution in [0, 0.1) is 19.3 Å². The van der Waals surface area contributed by atoms with Crippen LogP contribution >= 0.6 is 0 Å². The number of rotatable bonds is 2. The van der Waals surface area contributed by atoms with E-state index in [1.54, 1.807) is 0 Å². The van der Waals surface area contributed by atoms with Crippen LogP contribution in [0.1, 0.15) is 47.0 Å². The number of hydrogen-bond acceptors (Lipinski definition) is 0. The van der Waals surface area contributed by atoms with Crippen molar-refractivity contribution in [2.75, 3.05) is 0 Å². The maximum atomic E-state index is 3.77. The van der Waals surface area contributed by atoms with Gasteiger partial charge in [-0.3, -0.25) is 0 Å². The fourth-order valence-corrected chi connectivity index (χ4v) is 0.250. The molecule has 0 saturated heterocycles. The molecule has 0 saturated carbocycles. The van der Waals surface area contributed by atoms with Gasteiger partial charge >= 0.3 is 22.4 Å². The van der Waals surface area contributed by atoms with Gasteiger partial charge in [0.1, 0.15) is 0 Å². The molecule has 67 valence electrons. The molecule has 0 spiro atoms. The second-order valence-corrected chi connectivity index (χ2v) is 3.77. The summed E-state index contributed by atoms with van der Waals surface area (Å²) >= 11 is 0. The average molecular weight is 323 g/mol. The Morgan fingerprint density at radius 1 is 1.18 bits per heavy atom. The van der Waals surface area contributed by atoms with E-state index in [-0.39, 0.29) is 27.8 Å². The van der Waals surface area contributed by atoms with Crippen LogP contribution < -0.4 is 0 Å². The van der Waals surface area contributed by atoms with Crippen LogP contribution in [0.25, 0.3) is 0 Å². The van der Waals surface area contributed by atoms with Gasteiger partial charge in [0, 0.05) is 0 Å². The van der Waals surface area contributed by atoms with Crippen molar-refractivity contribution in [3.8, 4) is 0 Å². The van der Waals surface area contributed by atoms with Crippen molar-refractivity contribution in [2.45, 2.75) is 47.0 Å². The molecule has 1 heteroatoms. The molecule has 0 bridgehead atoms. The summed E-state index contributed by atoms with van der Waals surface area (Å²) in [5, 5.41) is 0. The van der Waals surface area contributed by atoms with Crippen molar-refractivity contribution in [3.05, 3.63) is 13.8 Å². The topological polar surface area (TPSA) is 0 Å². The third kappa shape index (κ3) is 109. The van der Waals surface area contributed by atoms with Gasteiger partial charge in [0.2, 0.25) is 0 Å². The third-order valence-electron chi connectivity index (χ3n) is 0.604. The molecular weight excluding hydrogens is 301 g/mol. The minimum Gasteiger partial charge on any atom is -0.343 e. The van der Waals surface area contributed by atoms with Gasteiger partial charge in [-0.2, -0.15) is 11.8 Å². The quantitative estimate of drug-likeness (QED) is 0.677. The van der Waals surface area contributed by atoms with Crippen molar-refractivity contribution in [1.29, 1.82) is 0 Å². The second-order valence-electron chi connectivity index (χ2n) is 3.77. The van der Waals surface area contributed by atoms with Crippen molar-refractivity contribution in [3.63, 3.8) is 0 Å². The maximum absolute atomic E-state index is 3.77. The summed E-state index contributed by atoms with van der Waals surface area (Å²) in [7, 11) is 0. The monoisotopic (exact) mass is 323 g/mol. The molecule has 1 radical (unpaired) electrons. The molecule has 0 unspecified atom stereocenters. The SMILES string of the molecule is [CH2-]C(C)(C)C.[CH2-]CCCC.[Ta+2]. The van der Waals surface area contributed by atoms with Crippen LogP contribution in [0.15, 0.2) is 0 Å². The molecule has 0 nitrogen and oxygen atoms in total. The van der Waals surface area contributed by atoms with Gasteiger partial charge in [-0.15, -0.1) is 0 Å². The van der Waals surface area contributed by atoms with Crippen LogP contribution in [0.4, 0.5) is 0 Å². The van der Waals surface area contributed by atoms with Crippen molar-refractivity contribution >= 4 is 0 Å². The fraction of sp³-hybridized carbons (Fsp3) is 0.800. The predicted octanol–water partition coefficient (Wildman–Crippen LogP) is 3.87. The minimum atomic E-state index is 0. The summed E-state index contributed by atoms with van der Waals surface area (Å²) in [6.45, 7) is 15.8. The van der Waals surface area contributed by atoms with Gasteiger partial charge in [0.05, 0.1) is 0 Å². The summed E-state index contributed by atoms with van der Waals surface area (Å²) in [6, 6.07) is 0. The molecule has 0 aliphatic heterocycles. The van der Waals surface area contributed by atoms with Gasteiger partial charge < -0.3 is 13.8 Å². The van der Waals surface area contributed by atoms with Crippen molar-refractivity contribution in [1.82, 2.24) is 0 Å².